The Bertz CT molecular complexity index is 1200. The zero-order valence-electron chi connectivity index (χ0n) is 19.7. The summed E-state index contributed by atoms with van der Waals surface area (Å²) in [6, 6.07) is 13.1. The zero-order chi connectivity index (χ0) is 23.2. The van der Waals surface area contributed by atoms with Gasteiger partial charge >= 0.3 is 0 Å². The quantitative estimate of drug-likeness (QED) is 0.584. The predicted octanol–water partition coefficient (Wildman–Crippen LogP) is 4.58. The van der Waals surface area contributed by atoms with Gasteiger partial charge in [-0.1, -0.05) is 17.7 Å². The molecule has 0 spiro atoms. The number of aromatic nitrogens is 2. The third kappa shape index (κ3) is 4.07. The number of hydrogen-bond acceptors (Lipinski definition) is 4. The molecule has 7 heteroatoms. The van der Waals surface area contributed by atoms with Crippen LogP contribution in [-0.4, -0.2) is 59.1 Å². The van der Waals surface area contributed by atoms with Crippen LogP contribution in [0.3, 0.4) is 0 Å². The molecule has 2 aliphatic heterocycles. The second-order valence-electron chi connectivity index (χ2n) is 10.0. The van der Waals surface area contributed by atoms with Gasteiger partial charge in [0.25, 0.3) is 0 Å². The molecule has 178 valence electrons. The van der Waals surface area contributed by atoms with Crippen molar-refractivity contribution < 1.29 is 4.79 Å². The fraction of sp³-hybridized carbons (Fsp3) is 0.481. The lowest BCUT2D eigenvalue weighted by Gasteiger charge is -2.37. The van der Waals surface area contributed by atoms with Crippen molar-refractivity contribution in [3.63, 3.8) is 0 Å². The number of anilines is 1. The maximum Gasteiger partial charge on any atom is 0.239 e. The summed E-state index contributed by atoms with van der Waals surface area (Å²) in [5.74, 6) is 0.911. The molecule has 2 unspecified atom stereocenters. The van der Waals surface area contributed by atoms with Crippen molar-refractivity contribution in [3.8, 4) is 0 Å². The minimum absolute atomic E-state index is 0.0205. The van der Waals surface area contributed by atoms with Gasteiger partial charge in [0.15, 0.2) is 0 Å². The number of nitrogens with one attached hydrogen (secondary N) is 1. The smallest absolute Gasteiger partial charge is 0.239 e. The van der Waals surface area contributed by atoms with Gasteiger partial charge in [-0.25, -0.2) is 4.98 Å². The van der Waals surface area contributed by atoms with E-state index in [9.17, 15) is 4.79 Å². The van der Waals surface area contributed by atoms with Gasteiger partial charge in [-0.05, 0) is 86.5 Å². The number of benzene rings is 2. The SMILES string of the molecule is CC(c1ccc(Cl)cc1C1CC1)n1cnc2ccc(N3CCN(C(=O)C4CCCN4)CC3)cc21. The van der Waals surface area contributed by atoms with Crippen molar-refractivity contribution in [1.29, 1.82) is 0 Å². The van der Waals surface area contributed by atoms with Crippen LogP contribution in [0.25, 0.3) is 11.0 Å². The van der Waals surface area contributed by atoms with E-state index in [1.165, 1.54) is 29.7 Å². The normalized spacial score (nSPS) is 21.9. The van der Waals surface area contributed by atoms with Gasteiger partial charge in [-0.15, -0.1) is 0 Å². The molecule has 1 aliphatic carbocycles. The Balaban J connectivity index is 1.22. The van der Waals surface area contributed by atoms with Crippen LogP contribution in [0.1, 0.15) is 55.7 Å². The monoisotopic (exact) mass is 477 g/mol. The van der Waals surface area contributed by atoms with Gasteiger partial charge in [0.1, 0.15) is 0 Å². The lowest BCUT2D eigenvalue weighted by atomic mass is 9.97. The van der Waals surface area contributed by atoms with E-state index in [1.54, 1.807) is 0 Å². The summed E-state index contributed by atoms with van der Waals surface area (Å²) >= 11 is 6.33. The Kier molecular flexibility index (Phi) is 5.74. The predicted molar refractivity (Wildman–Crippen MR) is 137 cm³/mol. The third-order valence-corrected chi connectivity index (χ3v) is 8.04. The van der Waals surface area contributed by atoms with E-state index in [1.807, 2.05) is 17.3 Å². The number of halogens is 1. The van der Waals surface area contributed by atoms with Crippen LogP contribution in [0, 0.1) is 0 Å². The highest BCUT2D eigenvalue weighted by Crippen LogP contribution is 2.44. The lowest BCUT2D eigenvalue weighted by molar-refractivity contribution is -0.133. The minimum atomic E-state index is 0.0205. The van der Waals surface area contributed by atoms with E-state index < -0.39 is 0 Å². The molecule has 6 nitrogen and oxygen atoms in total. The van der Waals surface area contributed by atoms with Crippen molar-refractivity contribution >= 4 is 34.2 Å². The van der Waals surface area contributed by atoms with Crippen molar-refractivity contribution in [2.75, 3.05) is 37.6 Å². The molecule has 0 bridgehead atoms. The number of fused-ring (bicyclic) bond motifs is 1. The Morgan fingerprint density at radius 1 is 1.09 bits per heavy atom. The lowest BCUT2D eigenvalue weighted by Crippen LogP contribution is -2.53. The van der Waals surface area contributed by atoms with Gasteiger partial charge in [0, 0.05) is 36.9 Å². The first-order chi connectivity index (χ1) is 16.6. The number of hydrogen-bond donors (Lipinski definition) is 1. The largest absolute Gasteiger partial charge is 0.368 e. The van der Waals surface area contributed by atoms with Crippen LogP contribution >= 0.6 is 11.6 Å². The molecule has 2 aromatic carbocycles. The van der Waals surface area contributed by atoms with E-state index in [-0.39, 0.29) is 18.0 Å². The Hall–Kier alpha value is -2.57. The van der Waals surface area contributed by atoms with Gasteiger partial charge in [0.2, 0.25) is 5.91 Å². The number of imidazole rings is 1. The van der Waals surface area contributed by atoms with E-state index in [2.05, 4.69) is 52.0 Å². The number of carbonyl (C=O) groups is 1. The Labute approximate surface area is 205 Å². The third-order valence-electron chi connectivity index (χ3n) is 7.81. The molecule has 6 rings (SSSR count). The summed E-state index contributed by atoms with van der Waals surface area (Å²) in [5.41, 5.74) is 6.08. The van der Waals surface area contributed by atoms with Crippen LogP contribution in [0.2, 0.25) is 5.02 Å². The van der Waals surface area contributed by atoms with E-state index in [0.717, 1.165) is 61.6 Å². The van der Waals surface area contributed by atoms with E-state index in [4.69, 9.17) is 16.6 Å². The topological polar surface area (TPSA) is 53.4 Å². The van der Waals surface area contributed by atoms with Gasteiger partial charge in [0.05, 0.1) is 29.4 Å². The highest BCUT2D eigenvalue weighted by molar-refractivity contribution is 6.30. The molecule has 1 aromatic heterocycles. The molecular weight excluding hydrogens is 446 g/mol. The molecular formula is C27H32ClN5O. The number of amides is 1. The molecule has 1 N–H and O–H groups in total. The maximum absolute atomic E-state index is 12.8. The number of rotatable bonds is 5. The Morgan fingerprint density at radius 2 is 1.91 bits per heavy atom. The molecule has 3 heterocycles. The van der Waals surface area contributed by atoms with Crippen molar-refractivity contribution in [1.82, 2.24) is 19.8 Å². The first-order valence-corrected chi connectivity index (χ1v) is 13.0. The fourth-order valence-corrected chi connectivity index (χ4v) is 5.82. The standard InChI is InChI=1S/C27H32ClN5O/c1-18(22-8-6-20(28)15-23(22)19-4-5-19)33-17-30-24-9-7-21(16-26(24)33)31-11-13-32(14-12-31)27(34)25-3-2-10-29-25/h6-9,15-19,25,29H,2-5,10-14H2,1H3. The molecule has 2 saturated heterocycles. The summed E-state index contributed by atoms with van der Waals surface area (Å²) in [6.07, 6.45) is 6.53. The molecule has 34 heavy (non-hydrogen) atoms. The average Bonchev–Trinajstić information content (AvgIpc) is 3.39. The van der Waals surface area contributed by atoms with Crippen LogP contribution in [0.4, 0.5) is 5.69 Å². The first kappa shape index (κ1) is 21.9. The highest BCUT2D eigenvalue weighted by atomic mass is 35.5. The van der Waals surface area contributed by atoms with Gasteiger partial charge in [-0.2, -0.15) is 0 Å². The minimum Gasteiger partial charge on any atom is -0.368 e. The fourth-order valence-electron chi connectivity index (χ4n) is 5.64. The van der Waals surface area contributed by atoms with Crippen LogP contribution in [0.15, 0.2) is 42.7 Å². The highest BCUT2D eigenvalue weighted by Gasteiger charge is 2.30. The summed E-state index contributed by atoms with van der Waals surface area (Å²) in [4.78, 5) is 21.9. The van der Waals surface area contributed by atoms with E-state index in [0.29, 0.717) is 5.92 Å². The second-order valence-corrected chi connectivity index (χ2v) is 10.4. The Morgan fingerprint density at radius 3 is 2.65 bits per heavy atom. The van der Waals surface area contributed by atoms with Crippen LogP contribution in [0.5, 0.6) is 0 Å². The molecule has 1 amide bonds. The summed E-state index contributed by atoms with van der Waals surface area (Å²) in [7, 11) is 0. The van der Waals surface area contributed by atoms with Gasteiger partial charge in [-0.3, -0.25) is 4.79 Å². The average molecular weight is 478 g/mol. The first-order valence-electron chi connectivity index (χ1n) is 12.6. The molecule has 3 aliphatic rings. The number of piperazine rings is 1. The summed E-state index contributed by atoms with van der Waals surface area (Å²) in [6.45, 7) is 6.48. The second kappa shape index (κ2) is 8.90. The zero-order valence-corrected chi connectivity index (χ0v) is 20.5. The van der Waals surface area contributed by atoms with E-state index >= 15 is 0 Å². The molecule has 3 aromatic rings. The molecule has 0 radical (unpaired) electrons. The van der Waals surface area contributed by atoms with Crippen LogP contribution < -0.4 is 10.2 Å². The molecule has 1 saturated carbocycles. The summed E-state index contributed by atoms with van der Waals surface area (Å²) in [5, 5.41) is 4.16. The number of nitrogens with zero attached hydrogens (tertiary/aromatic N) is 4. The molecule has 2 atom stereocenters. The number of carbonyl (C=O) groups excluding carboxylic acids is 1. The van der Waals surface area contributed by atoms with Crippen molar-refractivity contribution in [2.24, 2.45) is 0 Å². The van der Waals surface area contributed by atoms with Crippen molar-refractivity contribution in [2.45, 2.75) is 50.6 Å². The molecule has 3 fully saturated rings. The van der Waals surface area contributed by atoms with Crippen LogP contribution in [-0.2, 0) is 4.79 Å². The van der Waals surface area contributed by atoms with Crippen molar-refractivity contribution in [3.05, 3.63) is 58.9 Å². The maximum atomic E-state index is 12.8. The van der Waals surface area contributed by atoms with Gasteiger partial charge < -0.3 is 19.7 Å². The summed E-state index contributed by atoms with van der Waals surface area (Å²) < 4.78 is 2.29.